The normalized spacial score (nSPS) is 16.9. The van der Waals surface area contributed by atoms with Gasteiger partial charge in [-0.25, -0.2) is 0 Å². The lowest BCUT2D eigenvalue weighted by molar-refractivity contribution is 0.168. The van der Waals surface area contributed by atoms with Crippen molar-refractivity contribution in [1.29, 1.82) is 0 Å². The Kier molecular flexibility index (Phi) is 7.48. The van der Waals surface area contributed by atoms with Crippen molar-refractivity contribution in [3.8, 4) is 5.75 Å². The summed E-state index contributed by atoms with van der Waals surface area (Å²) in [6.07, 6.45) is 1.63. The lowest BCUT2D eigenvalue weighted by Crippen LogP contribution is -2.53. The highest BCUT2D eigenvalue weighted by Gasteiger charge is 2.22. The molecule has 0 aliphatic carbocycles. The predicted molar refractivity (Wildman–Crippen MR) is 114 cm³/mol. The maximum Gasteiger partial charge on any atom is 0.193 e. The van der Waals surface area contributed by atoms with Crippen molar-refractivity contribution in [3.05, 3.63) is 47.9 Å². The Labute approximate surface area is 173 Å². The minimum Gasteiger partial charge on any atom is -0.497 e. The van der Waals surface area contributed by atoms with Crippen LogP contribution in [0.15, 0.2) is 46.1 Å². The van der Waals surface area contributed by atoms with Gasteiger partial charge in [-0.15, -0.1) is 0 Å². The van der Waals surface area contributed by atoms with Gasteiger partial charge in [-0.2, -0.15) is 0 Å². The first-order chi connectivity index (χ1) is 14.1. The van der Waals surface area contributed by atoms with Crippen molar-refractivity contribution in [3.63, 3.8) is 0 Å². The van der Waals surface area contributed by atoms with E-state index in [2.05, 4.69) is 56.4 Å². The number of benzene rings is 1. The molecule has 1 saturated heterocycles. The standard InChI is InChI=1S/C21H32N6O2/c1-22-21(27-12-10-26(11-13-27)16-18-9-14-29-24-18)23-15-20(25(2)3)17-5-7-19(28-4)8-6-17/h5-9,14,20H,10-13,15-16H2,1-4H3,(H,22,23). The highest BCUT2D eigenvalue weighted by molar-refractivity contribution is 5.80. The van der Waals surface area contributed by atoms with Gasteiger partial charge >= 0.3 is 0 Å². The Morgan fingerprint density at radius 1 is 1.21 bits per heavy atom. The van der Waals surface area contributed by atoms with Crippen molar-refractivity contribution in [2.45, 2.75) is 12.6 Å². The molecule has 1 unspecified atom stereocenters. The number of hydrogen-bond acceptors (Lipinski definition) is 6. The molecule has 158 valence electrons. The largest absolute Gasteiger partial charge is 0.497 e. The molecule has 1 aliphatic rings. The van der Waals surface area contributed by atoms with E-state index in [1.54, 1.807) is 13.4 Å². The maximum atomic E-state index is 5.28. The van der Waals surface area contributed by atoms with E-state index in [0.717, 1.165) is 56.7 Å². The molecule has 1 N–H and O–H groups in total. The molecule has 0 radical (unpaired) electrons. The average molecular weight is 401 g/mol. The van der Waals surface area contributed by atoms with Crippen LogP contribution in [-0.2, 0) is 6.54 Å². The van der Waals surface area contributed by atoms with Gasteiger partial charge in [0.05, 0.1) is 18.8 Å². The maximum absolute atomic E-state index is 5.28. The van der Waals surface area contributed by atoms with Gasteiger partial charge in [0.15, 0.2) is 5.96 Å². The highest BCUT2D eigenvalue weighted by Crippen LogP contribution is 2.21. The van der Waals surface area contributed by atoms with Crippen LogP contribution in [0.1, 0.15) is 17.3 Å². The number of guanidine groups is 1. The van der Waals surface area contributed by atoms with Gasteiger partial charge < -0.3 is 24.4 Å². The highest BCUT2D eigenvalue weighted by atomic mass is 16.5. The number of nitrogens with one attached hydrogen (secondary N) is 1. The van der Waals surface area contributed by atoms with Crippen LogP contribution in [0, 0.1) is 0 Å². The molecule has 0 amide bonds. The molecule has 0 saturated carbocycles. The van der Waals surface area contributed by atoms with Crippen molar-refractivity contribution in [1.82, 2.24) is 25.2 Å². The fraction of sp³-hybridized carbons (Fsp3) is 0.524. The van der Waals surface area contributed by atoms with Gasteiger partial charge in [-0.05, 0) is 31.8 Å². The molecule has 1 fully saturated rings. The van der Waals surface area contributed by atoms with Crippen molar-refractivity contribution >= 4 is 5.96 Å². The third-order valence-electron chi connectivity index (χ3n) is 5.34. The van der Waals surface area contributed by atoms with Crippen LogP contribution < -0.4 is 10.1 Å². The van der Waals surface area contributed by atoms with Gasteiger partial charge in [0, 0.05) is 52.4 Å². The fourth-order valence-electron chi connectivity index (χ4n) is 3.61. The molecule has 2 heterocycles. The zero-order valence-corrected chi connectivity index (χ0v) is 17.8. The number of ether oxygens (including phenoxy) is 1. The molecule has 8 nitrogen and oxygen atoms in total. The molecule has 29 heavy (non-hydrogen) atoms. The van der Waals surface area contributed by atoms with Crippen molar-refractivity contribution < 1.29 is 9.26 Å². The summed E-state index contributed by atoms with van der Waals surface area (Å²) in [5.74, 6) is 1.82. The first kappa shape index (κ1) is 21.1. The second-order valence-electron chi connectivity index (χ2n) is 7.43. The lowest BCUT2D eigenvalue weighted by atomic mass is 10.1. The van der Waals surface area contributed by atoms with Gasteiger partial charge in [0.1, 0.15) is 12.0 Å². The summed E-state index contributed by atoms with van der Waals surface area (Å²) < 4.78 is 10.2. The predicted octanol–water partition coefficient (Wildman–Crippen LogP) is 1.68. The minimum absolute atomic E-state index is 0.242. The van der Waals surface area contributed by atoms with Crippen LogP contribution in [0.4, 0.5) is 0 Å². The Morgan fingerprint density at radius 3 is 2.48 bits per heavy atom. The van der Waals surface area contributed by atoms with Crippen LogP contribution in [-0.4, -0.2) is 86.8 Å². The third-order valence-corrected chi connectivity index (χ3v) is 5.34. The fourth-order valence-corrected chi connectivity index (χ4v) is 3.61. The molecule has 2 aromatic rings. The second kappa shape index (κ2) is 10.3. The van der Waals surface area contributed by atoms with Crippen LogP contribution >= 0.6 is 0 Å². The zero-order valence-electron chi connectivity index (χ0n) is 17.8. The molecule has 3 rings (SSSR count). The van der Waals surface area contributed by atoms with E-state index >= 15 is 0 Å². The summed E-state index contributed by atoms with van der Waals surface area (Å²) in [5.41, 5.74) is 2.23. The number of rotatable bonds is 7. The number of nitrogens with zero attached hydrogens (tertiary/aromatic N) is 5. The number of aliphatic imine (C=N–C) groups is 1. The monoisotopic (exact) mass is 400 g/mol. The SMILES string of the molecule is CN=C(NCC(c1ccc(OC)cc1)N(C)C)N1CCN(Cc2ccon2)CC1. The summed E-state index contributed by atoms with van der Waals surface area (Å²) in [4.78, 5) is 11.4. The summed E-state index contributed by atoms with van der Waals surface area (Å²) in [5, 5.41) is 7.57. The first-order valence-corrected chi connectivity index (χ1v) is 9.98. The molecule has 1 aliphatic heterocycles. The average Bonchev–Trinajstić information content (AvgIpc) is 3.25. The molecule has 8 heteroatoms. The molecule has 1 aromatic carbocycles. The van der Waals surface area contributed by atoms with E-state index in [9.17, 15) is 0 Å². The minimum atomic E-state index is 0.242. The van der Waals surface area contributed by atoms with E-state index in [-0.39, 0.29) is 6.04 Å². The summed E-state index contributed by atoms with van der Waals surface area (Å²) in [7, 11) is 7.74. The summed E-state index contributed by atoms with van der Waals surface area (Å²) in [6, 6.07) is 10.4. The number of hydrogen-bond donors (Lipinski definition) is 1. The van der Waals surface area contributed by atoms with Crippen molar-refractivity contribution in [2.24, 2.45) is 4.99 Å². The van der Waals surface area contributed by atoms with Crippen LogP contribution in [0.25, 0.3) is 0 Å². The lowest BCUT2D eigenvalue weighted by Gasteiger charge is -2.37. The molecule has 0 bridgehead atoms. The van der Waals surface area contributed by atoms with Gasteiger partial charge in [0.25, 0.3) is 0 Å². The topological polar surface area (TPSA) is 69.4 Å². The number of piperazine rings is 1. The first-order valence-electron chi connectivity index (χ1n) is 9.98. The summed E-state index contributed by atoms with van der Waals surface area (Å²) in [6.45, 7) is 5.44. The third kappa shape index (κ3) is 5.71. The Morgan fingerprint density at radius 2 is 1.93 bits per heavy atom. The number of aromatic nitrogens is 1. The smallest absolute Gasteiger partial charge is 0.193 e. The van der Waals surface area contributed by atoms with Gasteiger partial charge in [-0.1, -0.05) is 17.3 Å². The van der Waals surface area contributed by atoms with E-state index in [0.29, 0.717) is 0 Å². The molecule has 0 spiro atoms. The Balaban J connectivity index is 1.53. The quantitative estimate of drug-likeness (QED) is 0.560. The zero-order chi connectivity index (χ0) is 20.6. The molecule has 1 atom stereocenters. The van der Waals surface area contributed by atoms with Crippen LogP contribution in [0.2, 0.25) is 0 Å². The van der Waals surface area contributed by atoms with E-state index in [1.807, 2.05) is 25.2 Å². The number of methoxy groups -OCH3 is 1. The van der Waals surface area contributed by atoms with E-state index < -0.39 is 0 Å². The molecular formula is C21H32N6O2. The van der Waals surface area contributed by atoms with Crippen molar-refractivity contribution in [2.75, 3.05) is 61.0 Å². The van der Waals surface area contributed by atoms with Crippen LogP contribution in [0.5, 0.6) is 5.75 Å². The number of likely N-dealkylation sites (N-methyl/N-ethyl adjacent to an activating group) is 1. The molecule has 1 aromatic heterocycles. The Hall–Kier alpha value is -2.58. The van der Waals surface area contributed by atoms with E-state index in [1.165, 1.54) is 5.56 Å². The summed E-state index contributed by atoms with van der Waals surface area (Å²) >= 11 is 0. The van der Waals surface area contributed by atoms with Gasteiger partial charge in [-0.3, -0.25) is 9.89 Å². The van der Waals surface area contributed by atoms with E-state index in [4.69, 9.17) is 9.26 Å². The second-order valence-corrected chi connectivity index (χ2v) is 7.43. The van der Waals surface area contributed by atoms with Crippen LogP contribution in [0.3, 0.4) is 0 Å². The Bertz CT molecular complexity index is 752. The molecular weight excluding hydrogens is 368 g/mol. The van der Waals surface area contributed by atoms with Gasteiger partial charge in [0.2, 0.25) is 0 Å².